The van der Waals surface area contributed by atoms with Gasteiger partial charge in [0.05, 0.1) is 18.7 Å². The van der Waals surface area contributed by atoms with Crippen LogP contribution in [0.25, 0.3) is 5.76 Å². The van der Waals surface area contributed by atoms with Crippen LogP contribution in [0.4, 0.5) is 11.4 Å². The molecule has 5 heteroatoms. The van der Waals surface area contributed by atoms with Crippen LogP contribution in [0.15, 0.2) is 34.8 Å². The zero-order chi connectivity index (χ0) is 13.0. The normalized spacial score (nSPS) is 13.8. The predicted molar refractivity (Wildman–Crippen MR) is 72.1 cm³/mol. The maximum atomic E-state index is 8.62. The number of aliphatic imine (C=N–C) groups is 1. The first kappa shape index (κ1) is 12.2. The number of nitrogen functional groups attached to an aromatic ring is 2. The van der Waals surface area contributed by atoms with Crippen LogP contribution in [0.5, 0.6) is 0 Å². The van der Waals surface area contributed by atoms with E-state index < -0.39 is 0 Å². The smallest absolute Gasteiger partial charge is 0.130 e. The Morgan fingerprint density at radius 3 is 3.00 bits per heavy atom. The van der Waals surface area contributed by atoms with E-state index in [4.69, 9.17) is 21.3 Å². The summed E-state index contributed by atoms with van der Waals surface area (Å²) in [6, 6.07) is 5.26. The van der Waals surface area contributed by atoms with E-state index in [1.54, 1.807) is 18.2 Å². The van der Waals surface area contributed by atoms with Crippen molar-refractivity contribution in [2.45, 2.75) is 0 Å². The monoisotopic (exact) mass is 245 g/mol. The van der Waals surface area contributed by atoms with Gasteiger partial charge in [0.1, 0.15) is 12.4 Å². The molecule has 0 amide bonds. The molecule has 0 atom stereocenters. The number of rotatable bonds is 3. The Hall–Kier alpha value is -2.23. The number of nitrogens with two attached hydrogens (primary N) is 2. The van der Waals surface area contributed by atoms with Gasteiger partial charge in [0, 0.05) is 16.9 Å². The minimum atomic E-state index is 0.0138. The molecule has 0 radical (unpaired) electrons. The van der Waals surface area contributed by atoms with Crippen LogP contribution in [-0.2, 0) is 4.74 Å². The zero-order valence-corrected chi connectivity index (χ0v) is 9.89. The molecular weight excluding hydrogens is 230 g/mol. The van der Waals surface area contributed by atoms with E-state index >= 15 is 0 Å². The van der Waals surface area contributed by atoms with Gasteiger partial charge < -0.3 is 21.3 Å². The molecule has 0 saturated heterocycles. The van der Waals surface area contributed by atoms with E-state index in [0.717, 1.165) is 11.1 Å². The van der Waals surface area contributed by atoms with Crippen molar-refractivity contribution in [1.29, 1.82) is 0 Å². The lowest BCUT2D eigenvalue weighted by Crippen LogP contribution is -1.96. The van der Waals surface area contributed by atoms with Crippen molar-refractivity contribution in [1.82, 2.24) is 0 Å². The Balaban J connectivity index is 2.28. The SMILES string of the molecule is Nc1ccc(N)c(C2=CC(=C=NCCO)CO2)c1. The van der Waals surface area contributed by atoms with E-state index in [9.17, 15) is 0 Å². The largest absolute Gasteiger partial charge is 0.487 e. The fraction of sp³-hybridized carbons (Fsp3) is 0.231. The van der Waals surface area contributed by atoms with Crippen molar-refractivity contribution in [3.05, 3.63) is 35.4 Å². The summed E-state index contributed by atoms with van der Waals surface area (Å²) in [6.07, 6.45) is 1.83. The molecule has 5 N–H and O–H groups in total. The van der Waals surface area contributed by atoms with Gasteiger partial charge in [-0.2, -0.15) is 0 Å². The topological polar surface area (TPSA) is 93.9 Å². The summed E-state index contributed by atoms with van der Waals surface area (Å²) in [7, 11) is 0. The quantitative estimate of drug-likeness (QED) is 0.542. The van der Waals surface area contributed by atoms with Crippen LogP contribution in [0, 0.1) is 0 Å². The van der Waals surface area contributed by atoms with Crippen molar-refractivity contribution in [2.75, 3.05) is 31.2 Å². The Morgan fingerprint density at radius 1 is 1.39 bits per heavy atom. The van der Waals surface area contributed by atoms with Gasteiger partial charge >= 0.3 is 0 Å². The molecule has 18 heavy (non-hydrogen) atoms. The van der Waals surface area contributed by atoms with Crippen molar-refractivity contribution in [3.8, 4) is 0 Å². The molecular formula is C13H15N3O2. The minimum Gasteiger partial charge on any atom is -0.487 e. The third-order valence-electron chi connectivity index (χ3n) is 2.47. The van der Waals surface area contributed by atoms with Gasteiger partial charge in [0.25, 0.3) is 0 Å². The van der Waals surface area contributed by atoms with Gasteiger partial charge in [0.2, 0.25) is 0 Å². The molecule has 1 aliphatic rings. The summed E-state index contributed by atoms with van der Waals surface area (Å²) in [5.41, 5.74) is 14.4. The van der Waals surface area contributed by atoms with Crippen LogP contribution in [0.2, 0.25) is 0 Å². The number of benzene rings is 1. The minimum absolute atomic E-state index is 0.0138. The van der Waals surface area contributed by atoms with Crippen molar-refractivity contribution >= 4 is 23.0 Å². The molecule has 0 unspecified atom stereocenters. The fourth-order valence-electron chi connectivity index (χ4n) is 1.61. The van der Waals surface area contributed by atoms with Crippen LogP contribution >= 0.6 is 0 Å². The van der Waals surface area contributed by atoms with E-state index in [1.807, 2.05) is 6.08 Å². The molecule has 1 aliphatic heterocycles. The Morgan fingerprint density at radius 2 is 2.22 bits per heavy atom. The van der Waals surface area contributed by atoms with Crippen molar-refractivity contribution in [2.24, 2.45) is 4.99 Å². The first-order chi connectivity index (χ1) is 8.70. The van der Waals surface area contributed by atoms with Crippen LogP contribution < -0.4 is 11.5 Å². The van der Waals surface area contributed by atoms with E-state index in [2.05, 4.69) is 10.9 Å². The molecule has 0 bridgehead atoms. The Labute approximate surface area is 105 Å². The maximum Gasteiger partial charge on any atom is 0.130 e. The number of nitrogens with zero attached hydrogens (tertiary/aromatic N) is 1. The average molecular weight is 245 g/mol. The predicted octanol–water partition coefficient (Wildman–Crippen LogP) is 0.811. The molecule has 5 nitrogen and oxygen atoms in total. The summed E-state index contributed by atoms with van der Waals surface area (Å²) >= 11 is 0. The molecule has 2 rings (SSSR count). The maximum absolute atomic E-state index is 8.62. The highest BCUT2D eigenvalue weighted by molar-refractivity contribution is 5.80. The second kappa shape index (κ2) is 5.40. The van der Waals surface area contributed by atoms with Gasteiger partial charge in [-0.15, -0.1) is 0 Å². The number of aliphatic hydroxyl groups excluding tert-OH is 1. The number of aliphatic hydroxyl groups is 1. The van der Waals surface area contributed by atoms with Crippen LogP contribution in [-0.4, -0.2) is 30.7 Å². The highest BCUT2D eigenvalue weighted by Gasteiger charge is 2.15. The second-order valence-electron chi connectivity index (χ2n) is 3.89. The summed E-state index contributed by atoms with van der Waals surface area (Å²) in [5.74, 6) is 3.49. The van der Waals surface area contributed by atoms with Crippen LogP contribution in [0.1, 0.15) is 5.56 Å². The number of ether oxygens (including phenoxy) is 1. The molecule has 1 aromatic rings. The fourth-order valence-corrected chi connectivity index (χ4v) is 1.61. The molecule has 1 aromatic carbocycles. The first-order valence-corrected chi connectivity index (χ1v) is 5.60. The molecule has 0 spiro atoms. The summed E-state index contributed by atoms with van der Waals surface area (Å²) in [4.78, 5) is 3.92. The third kappa shape index (κ3) is 2.71. The van der Waals surface area contributed by atoms with Gasteiger partial charge in [-0.3, -0.25) is 0 Å². The van der Waals surface area contributed by atoms with Crippen molar-refractivity contribution < 1.29 is 9.84 Å². The molecule has 0 aliphatic carbocycles. The number of anilines is 2. The summed E-state index contributed by atoms with van der Waals surface area (Å²) in [6.45, 7) is 0.755. The second-order valence-corrected chi connectivity index (χ2v) is 3.89. The van der Waals surface area contributed by atoms with Crippen LogP contribution in [0.3, 0.4) is 0 Å². The summed E-state index contributed by atoms with van der Waals surface area (Å²) < 4.78 is 5.52. The van der Waals surface area contributed by atoms with Gasteiger partial charge in [-0.1, -0.05) is 0 Å². The van der Waals surface area contributed by atoms with E-state index in [1.165, 1.54) is 0 Å². The molecule has 1 heterocycles. The lowest BCUT2D eigenvalue weighted by molar-refractivity contribution is 0.307. The highest BCUT2D eigenvalue weighted by Crippen LogP contribution is 2.29. The first-order valence-electron chi connectivity index (χ1n) is 5.60. The average Bonchev–Trinajstić information content (AvgIpc) is 2.81. The van der Waals surface area contributed by atoms with E-state index in [-0.39, 0.29) is 6.61 Å². The standard InChI is InChI=1S/C13H15N3O2/c14-10-1-2-12(15)11(6-10)13-5-9(8-18-13)7-16-3-4-17/h1-2,5-6,17H,3-4,8,14-15H2. The highest BCUT2D eigenvalue weighted by atomic mass is 16.5. The summed E-state index contributed by atoms with van der Waals surface area (Å²) in [5, 5.41) is 8.62. The Bertz CT molecular complexity index is 543. The molecule has 0 saturated carbocycles. The number of hydrogen-bond acceptors (Lipinski definition) is 5. The molecule has 0 aromatic heterocycles. The lowest BCUT2D eigenvalue weighted by atomic mass is 10.1. The Kier molecular flexibility index (Phi) is 3.67. The number of hydrogen-bond donors (Lipinski definition) is 3. The van der Waals surface area contributed by atoms with Gasteiger partial charge in [0.15, 0.2) is 0 Å². The third-order valence-corrected chi connectivity index (χ3v) is 2.47. The van der Waals surface area contributed by atoms with Gasteiger partial charge in [-0.05, 0) is 30.1 Å². The zero-order valence-electron chi connectivity index (χ0n) is 9.89. The van der Waals surface area contributed by atoms with Crippen molar-refractivity contribution in [3.63, 3.8) is 0 Å². The van der Waals surface area contributed by atoms with Gasteiger partial charge in [-0.25, -0.2) is 4.99 Å². The lowest BCUT2D eigenvalue weighted by Gasteiger charge is -2.07. The van der Waals surface area contributed by atoms with E-state index in [0.29, 0.717) is 30.3 Å². The molecule has 94 valence electrons. The molecule has 0 fully saturated rings.